The number of hydrogen-bond acceptors (Lipinski definition) is 1. The molecule has 74 valence electrons. The largest absolute Gasteiger partial charge is 0.356 e. The Morgan fingerprint density at radius 2 is 2.15 bits per heavy atom. The summed E-state index contributed by atoms with van der Waals surface area (Å²) in [5, 5.41) is 2.93. The van der Waals surface area contributed by atoms with E-state index in [9.17, 15) is 4.79 Å². The van der Waals surface area contributed by atoms with E-state index in [1.165, 1.54) is 19.3 Å². The van der Waals surface area contributed by atoms with Gasteiger partial charge in [0, 0.05) is 13.0 Å². The van der Waals surface area contributed by atoms with Crippen molar-refractivity contribution in [1.82, 2.24) is 5.32 Å². The van der Waals surface area contributed by atoms with E-state index in [4.69, 9.17) is 0 Å². The molecule has 2 atom stereocenters. The molecule has 1 saturated carbocycles. The Morgan fingerprint density at radius 1 is 1.38 bits per heavy atom. The molecule has 0 bridgehead atoms. The number of amides is 1. The monoisotopic (exact) mass is 181 g/mol. The fraction of sp³-hybridized carbons (Fsp3) is 0.909. The van der Waals surface area contributed by atoms with E-state index in [0.29, 0.717) is 11.3 Å². The summed E-state index contributed by atoms with van der Waals surface area (Å²) in [6.45, 7) is 5.62. The van der Waals surface area contributed by atoms with Crippen LogP contribution in [0.15, 0.2) is 0 Å². The fourth-order valence-electron chi connectivity index (χ4n) is 2.85. The van der Waals surface area contributed by atoms with Crippen LogP contribution in [0, 0.1) is 17.3 Å². The normalized spacial score (nSPS) is 37.8. The van der Waals surface area contributed by atoms with Gasteiger partial charge in [-0.25, -0.2) is 0 Å². The first-order valence-corrected chi connectivity index (χ1v) is 5.33. The van der Waals surface area contributed by atoms with Crippen LogP contribution in [0.25, 0.3) is 0 Å². The Hall–Kier alpha value is -0.530. The third-order valence-corrected chi connectivity index (χ3v) is 3.68. The Balaban J connectivity index is 1.93. The highest BCUT2D eigenvalue weighted by atomic mass is 16.1. The van der Waals surface area contributed by atoms with E-state index >= 15 is 0 Å². The number of carbonyl (C=O) groups excluding carboxylic acids is 1. The first-order valence-electron chi connectivity index (χ1n) is 5.33. The highest BCUT2D eigenvalue weighted by Crippen LogP contribution is 2.45. The van der Waals surface area contributed by atoms with Gasteiger partial charge in [-0.15, -0.1) is 0 Å². The van der Waals surface area contributed by atoms with E-state index in [2.05, 4.69) is 19.2 Å². The molecule has 2 aliphatic rings. The quantitative estimate of drug-likeness (QED) is 0.658. The molecule has 2 heteroatoms. The molecule has 1 heterocycles. The lowest BCUT2D eigenvalue weighted by molar-refractivity contribution is -0.119. The molecule has 1 saturated heterocycles. The molecule has 0 spiro atoms. The van der Waals surface area contributed by atoms with Gasteiger partial charge in [-0.1, -0.05) is 13.8 Å². The van der Waals surface area contributed by atoms with Crippen LogP contribution >= 0.6 is 0 Å². The highest BCUT2D eigenvalue weighted by Gasteiger charge is 2.37. The molecule has 2 nitrogen and oxygen atoms in total. The van der Waals surface area contributed by atoms with Crippen LogP contribution < -0.4 is 5.32 Å². The van der Waals surface area contributed by atoms with Crippen molar-refractivity contribution in [3.05, 3.63) is 0 Å². The summed E-state index contributed by atoms with van der Waals surface area (Å²) in [5.74, 6) is 1.69. The second-order valence-corrected chi connectivity index (χ2v) is 5.44. The molecule has 1 N–H and O–H groups in total. The molecule has 2 fully saturated rings. The SMILES string of the molecule is CC1(C)CCC(C2CNC(=O)C2)C1. The number of rotatable bonds is 1. The molecule has 1 amide bonds. The first-order chi connectivity index (χ1) is 6.07. The zero-order valence-electron chi connectivity index (χ0n) is 8.60. The minimum absolute atomic E-state index is 0.259. The predicted octanol–water partition coefficient (Wildman–Crippen LogP) is 1.95. The van der Waals surface area contributed by atoms with Crippen LogP contribution in [-0.4, -0.2) is 12.5 Å². The van der Waals surface area contributed by atoms with Gasteiger partial charge in [-0.2, -0.15) is 0 Å². The van der Waals surface area contributed by atoms with Crippen molar-refractivity contribution in [3.63, 3.8) is 0 Å². The second kappa shape index (κ2) is 3.00. The average molecular weight is 181 g/mol. The van der Waals surface area contributed by atoms with Crippen molar-refractivity contribution in [1.29, 1.82) is 0 Å². The van der Waals surface area contributed by atoms with Gasteiger partial charge in [0.05, 0.1) is 0 Å². The highest BCUT2D eigenvalue weighted by molar-refractivity contribution is 5.78. The number of hydrogen-bond donors (Lipinski definition) is 1. The molecule has 2 rings (SSSR count). The predicted molar refractivity (Wildman–Crippen MR) is 52.2 cm³/mol. The van der Waals surface area contributed by atoms with Crippen LogP contribution in [0.1, 0.15) is 39.5 Å². The minimum Gasteiger partial charge on any atom is -0.356 e. The molecule has 0 radical (unpaired) electrons. The summed E-state index contributed by atoms with van der Waals surface area (Å²) in [7, 11) is 0. The van der Waals surface area contributed by atoms with Gasteiger partial charge in [0.15, 0.2) is 0 Å². The summed E-state index contributed by atoms with van der Waals surface area (Å²) in [6.07, 6.45) is 4.75. The zero-order valence-corrected chi connectivity index (χ0v) is 8.60. The lowest BCUT2D eigenvalue weighted by Gasteiger charge is -2.20. The van der Waals surface area contributed by atoms with Gasteiger partial charge in [-0.3, -0.25) is 4.79 Å². The van der Waals surface area contributed by atoms with Gasteiger partial charge in [-0.05, 0) is 36.5 Å². The summed E-state index contributed by atoms with van der Waals surface area (Å²) in [4.78, 5) is 11.1. The van der Waals surface area contributed by atoms with Gasteiger partial charge in [0.2, 0.25) is 5.91 Å². The van der Waals surface area contributed by atoms with Crippen molar-refractivity contribution in [2.45, 2.75) is 39.5 Å². The molecular weight excluding hydrogens is 162 g/mol. The van der Waals surface area contributed by atoms with Crippen LogP contribution in [0.4, 0.5) is 0 Å². The van der Waals surface area contributed by atoms with Crippen molar-refractivity contribution < 1.29 is 4.79 Å². The van der Waals surface area contributed by atoms with E-state index in [-0.39, 0.29) is 5.91 Å². The maximum atomic E-state index is 11.1. The van der Waals surface area contributed by atoms with Gasteiger partial charge < -0.3 is 5.32 Å². The average Bonchev–Trinajstić information content (AvgIpc) is 2.56. The van der Waals surface area contributed by atoms with Crippen molar-refractivity contribution in [2.24, 2.45) is 17.3 Å². The minimum atomic E-state index is 0.259. The molecule has 13 heavy (non-hydrogen) atoms. The maximum absolute atomic E-state index is 11.1. The zero-order chi connectivity index (χ0) is 9.47. The van der Waals surface area contributed by atoms with Gasteiger partial charge in [0.25, 0.3) is 0 Å². The third-order valence-electron chi connectivity index (χ3n) is 3.68. The molecule has 1 aliphatic heterocycles. The summed E-state index contributed by atoms with van der Waals surface area (Å²) < 4.78 is 0. The van der Waals surface area contributed by atoms with Crippen molar-refractivity contribution in [3.8, 4) is 0 Å². The van der Waals surface area contributed by atoms with Crippen molar-refractivity contribution in [2.75, 3.05) is 6.54 Å². The van der Waals surface area contributed by atoms with Crippen LogP contribution in [-0.2, 0) is 4.79 Å². The summed E-state index contributed by atoms with van der Waals surface area (Å²) in [5.41, 5.74) is 0.524. The standard InChI is InChI=1S/C11H19NO/c1-11(2)4-3-8(6-11)9-5-10(13)12-7-9/h8-9H,3-7H2,1-2H3,(H,12,13). The summed E-state index contributed by atoms with van der Waals surface area (Å²) >= 11 is 0. The van der Waals surface area contributed by atoms with Crippen molar-refractivity contribution >= 4 is 5.91 Å². The Kier molecular flexibility index (Phi) is 2.09. The van der Waals surface area contributed by atoms with Crippen LogP contribution in [0.5, 0.6) is 0 Å². The Labute approximate surface area is 80.1 Å². The van der Waals surface area contributed by atoms with E-state index in [0.717, 1.165) is 18.9 Å². The topological polar surface area (TPSA) is 29.1 Å². The molecular formula is C11H19NO. The summed E-state index contributed by atoms with van der Waals surface area (Å²) in [6, 6.07) is 0. The molecule has 0 aromatic rings. The fourth-order valence-corrected chi connectivity index (χ4v) is 2.85. The third kappa shape index (κ3) is 1.87. The number of carbonyl (C=O) groups is 1. The van der Waals surface area contributed by atoms with E-state index in [1.54, 1.807) is 0 Å². The molecule has 2 unspecified atom stereocenters. The Bertz CT molecular complexity index is 222. The van der Waals surface area contributed by atoms with E-state index in [1.807, 2.05) is 0 Å². The van der Waals surface area contributed by atoms with E-state index < -0.39 is 0 Å². The number of nitrogens with one attached hydrogen (secondary N) is 1. The maximum Gasteiger partial charge on any atom is 0.220 e. The second-order valence-electron chi connectivity index (χ2n) is 5.44. The molecule has 0 aromatic carbocycles. The Morgan fingerprint density at radius 3 is 2.62 bits per heavy atom. The molecule has 1 aliphatic carbocycles. The van der Waals surface area contributed by atoms with Crippen LogP contribution in [0.2, 0.25) is 0 Å². The lowest BCUT2D eigenvalue weighted by Crippen LogP contribution is -2.17. The smallest absolute Gasteiger partial charge is 0.220 e. The molecule has 0 aromatic heterocycles. The first kappa shape index (κ1) is 9.04. The van der Waals surface area contributed by atoms with Gasteiger partial charge in [0.1, 0.15) is 0 Å². The lowest BCUT2D eigenvalue weighted by atomic mass is 9.85. The van der Waals surface area contributed by atoms with Crippen LogP contribution in [0.3, 0.4) is 0 Å². The van der Waals surface area contributed by atoms with Gasteiger partial charge >= 0.3 is 0 Å².